The zero-order chi connectivity index (χ0) is 15.6. The summed E-state index contributed by atoms with van der Waals surface area (Å²) >= 11 is 0. The first-order valence-electron chi connectivity index (χ1n) is 8.14. The van der Waals surface area contributed by atoms with Crippen molar-refractivity contribution in [1.29, 1.82) is 0 Å². The largest absolute Gasteiger partial charge is 0.352 e. The molecule has 0 aromatic carbocycles. The predicted molar refractivity (Wildman–Crippen MR) is 85.2 cm³/mol. The van der Waals surface area contributed by atoms with Crippen LogP contribution in [0.15, 0.2) is 25.0 Å². The average molecular weight is 312 g/mol. The minimum Gasteiger partial charge on any atom is -0.352 e. The number of hydrogen-bond donors (Lipinski definition) is 0. The second-order valence-electron chi connectivity index (χ2n) is 5.93. The Balaban J connectivity index is 1.70. The maximum atomic E-state index is 4.59. The van der Waals surface area contributed by atoms with E-state index in [4.69, 9.17) is 0 Å². The topological polar surface area (TPSA) is 77.0 Å². The zero-order valence-electron chi connectivity index (χ0n) is 13.2. The molecule has 0 amide bonds. The van der Waals surface area contributed by atoms with E-state index >= 15 is 0 Å². The zero-order valence-corrected chi connectivity index (χ0v) is 13.2. The van der Waals surface area contributed by atoms with Gasteiger partial charge < -0.3 is 4.90 Å². The standard InChI is InChI=1S/C15H20N8/c1-2-4-12-7-14(23-15(20-12)17-10-19-23)22-6-3-5-13(22)8-21-11-16-9-18-21/h7,9-11,13H,2-6,8H2,1H3. The Kier molecular flexibility index (Phi) is 3.64. The molecule has 8 nitrogen and oxygen atoms in total. The third-order valence-electron chi connectivity index (χ3n) is 4.33. The van der Waals surface area contributed by atoms with Crippen LogP contribution in [-0.4, -0.2) is 46.9 Å². The molecule has 3 aromatic heterocycles. The van der Waals surface area contributed by atoms with Crippen molar-refractivity contribution in [2.75, 3.05) is 11.4 Å². The number of aryl methyl sites for hydroxylation is 1. The van der Waals surface area contributed by atoms with Gasteiger partial charge in [-0.2, -0.15) is 19.7 Å². The maximum absolute atomic E-state index is 4.59. The molecule has 0 radical (unpaired) electrons. The highest BCUT2D eigenvalue weighted by Crippen LogP contribution is 2.27. The molecule has 0 spiro atoms. The summed E-state index contributed by atoms with van der Waals surface area (Å²) in [6.07, 6.45) is 9.26. The number of rotatable bonds is 5. The van der Waals surface area contributed by atoms with Gasteiger partial charge in [-0.1, -0.05) is 13.3 Å². The Bertz CT molecular complexity index is 778. The van der Waals surface area contributed by atoms with E-state index in [-0.39, 0.29) is 0 Å². The van der Waals surface area contributed by atoms with Gasteiger partial charge in [-0.15, -0.1) is 0 Å². The quantitative estimate of drug-likeness (QED) is 0.707. The Morgan fingerprint density at radius 1 is 1.26 bits per heavy atom. The van der Waals surface area contributed by atoms with Crippen molar-refractivity contribution in [2.24, 2.45) is 0 Å². The van der Waals surface area contributed by atoms with Crippen LogP contribution in [0.4, 0.5) is 5.82 Å². The van der Waals surface area contributed by atoms with Gasteiger partial charge >= 0.3 is 0 Å². The van der Waals surface area contributed by atoms with Gasteiger partial charge in [-0.3, -0.25) is 4.68 Å². The van der Waals surface area contributed by atoms with Crippen LogP contribution in [0, 0.1) is 0 Å². The number of anilines is 1. The highest BCUT2D eigenvalue weighted by Gasteiger charge is 2.28. The van der Waals surface area contributed by atoms with Gasteiger partial charge in [0, 0.05) is 18.3 Å². The summed E-state index contributed by atoms with van der Waals surface area (Å²) in [6.45, 7) is 4.02. The molecule has 0 aliphatic carbocycles. The summed E-state index contributed by atoms with van der Waals surface area (Å²) in [5, 5.41) is 8.60. The van der Waals surface area contributed by atoms with Gasteiger partial charge in [0.05, 0.1) is 12.6 Å². The smallest absolute Gasteiger partial charge is 0.254 e. The van der Waals surface area contributed by atoms with Gasteiger partial charge in [0.15, 0.2) is 0 Å². The molecular formula is C15H20N8. The SMILES string of the molecule is CCCc1cc(N2CCCC2Cn2cncn2)n2ncnc2n1. The average Bonchev–Trinajstić information content (AvgIpc) is 3.28. The molecule has 1 atom stereocenters. The number of hydrogen-bond acceptors (Lipinski definition) is 6. The molecule has 8 heteroatoms. The Morgan fingerprint density at radius 3 is 3.04 bits per heavy atom. The van der Waals surface area contributed by atoms with Crippen LogP contribution in [0.2, 0.25) is 0 Å². The lowest BCUT2D eigenvalue weighted by atomic mass is 10.2. The fourth-order valence-corrected chi connectivity index (χ4v) is 3.30. The summed E-state index contributed by atoms with van der Waals surface area (Å²) in [5.74, 6) is 1.76. The highest BCUT2D eigenvalue weighted by atomic mass is 15.4. The lowest BCUT2D eigenvalue weighted by Crippen LogP contribution is -2.34. The van der Waals surface area contributed by atoms with Crippen LogP contribution in [0.5, 0.6) is 0 Å². The maximum Gasteiger partial charge on any atom is 0.254 e. The van der Waals surface area contributed by atoms with Gasteiger partial charge in [-0.05, 0) is 19.3 Å². The fraction of sp³-hybridized carbons (Fsp3) is 0.533. The van der Waals surface area contributed by atoms with Crippen LogP contribution < -0.4 is 4.90 Å². The van der Waals surface area contributed by atoms with Gasteiger partial charge in [0.25, 0.3) is 5.78 Å². The van der Waals surface area contributed by atoms with Gasteiger partial charge in [0.2, 0.25) is 0 Å². The van der Waals surface area contributed by atoms with Crippen LogP contribution in [0.25, 0.3) is 5.78 Å². The van der Waals surface area contributed by atoms with Crippen LogP contribution in [0.1, 0.15) is 31.9 Å². The first-order valence-corrected chi connectivity index (χ1v) is 8.14. The van der Waals surface area contributed by atoms with Crippen molar-refractivity contribution in [3.63, 3.8) is 0 Å². The van der Waals surface area contributed by atoms with E-state index in [1.54, 1.807) is 19.0 Å². The van der Waals surface area contributed by atoms with Crippen molar-refractivity contribution in [1.82, 2.24) is 34.3 Å². The number of fused-ring (bicyclic) bond motifs is 1. The van der Waals surface area contributed by atoms with Crippen LogP contribution in [0.3, 0.4) is 0 Å². The second-order valence-corrected chi connectivity index (χ2v) is 5.93. The lowest BCUT2D eigenvalue weighted by Gasteiger charge is -2.27. The van der Waals surface area contributed by atoms with Crippen molar-refractivity contribution in [3.8, 4) is 0 Å². The van der Waals surface area contributed by atoms with E-state index in [0.29, 0.717) is 11.8 Å². The summed E-state index contributed by atoms with van der Waals surface area (Å²) in [5.41, 5.74) is 1.08. The molecule has 0 bridgehead atoms. The number of nitrogens with zero attached hydrogens (tertiary/aromatic N) is 8. The van der Waals surface area contributed by atoms with Crippen molar-refractivity contribution in [2.45, 2.75) is 45.2 Å². The Hall–Kier alpha value is -2.51. The fourth-order valence-electron chi connectivity index (χ4n) is 3.30. The third kappa shape index (κ3) is 2.64. The van der Waals surface area contributed by atoms with Crippen molar-refractivity contribution in [3.05, 3.63) is 30.7 Å². The normalized spacial score (nSPS) is 18.1. The van der Waals surface area contributed by atoms with Gasteiger partial charge in [0.1, 0.15) is 24.8 Å². The van der Waals surface area contributed by atoms with Gasteiger partial charge in [-0.25, -0.2) is 9.97 Å². The van der Waals surface area contributed by atoms with E-state index in [1.807, 2.05) is 9.20 Å². The van der Waals surface area contributed by atoms with Crippen molar-refractivity contribution >= 4 is 11.6 Å². The van der Waals surface area contributed by atoms with Crippen molar-refractivity contribution < 1.29 is 0 Å². The molecule has 0 saturated carbocycles. The molecular weight excluding hydrogens is 292 g/mol. The summed E-state index contributed by atoms with van der Waals surface area (Å²) < 4.78 is 3.74. The molecule has 1 saturated heterocycles. The van der Waals surface area contributed by atoms with E-state index in [0.717, 1.165) is 43.9 Å². The van der Waals surface area contributed by atoms with Crippen LogP contribution >= 0.6 is 0 Å². The molecule has 1 fully saturated rings. The first-order chi connectivity index (χ1) is 11.3. The third-order valence-corrected chi connectivity index (χ3v) is 4.33. The molecule has 4 heterocycles. The summed E-state index contributed by atoms with van der Waals surface area (Å²) in [6, 6.07) is 2.55. The molecule has 0 N–H and O–H groups in total. The molecule has 23 heavy (non-hydrogen) atoms. The first kappa shape index (κ1) is 14.1. The van der Waals surface area contributed by atoms with E-state index in [2.05, 4.69) is 43.0 Å². The lowest BCUT2D eigenvalue weighted by molar-refractivity contribution is 0.504. The predicted octanol–water partition coefficient (Wildman–Crippen LogP) is 1.34. The van der Waals surface area contributed by atoms with E-state index < -0.39 is 0 Å². The highest BCUT2D eigenvalue weighted by molar-refractivity contribution is 5.49. The minimum absolute atomic E-state index is 0.390. The Morgan fingerprint density at radius 2 is 2.22 bits per heavy atom. The molecule has 3 aromatic rings. The molecule has 1 aliphatic heterocycles. The Labute approximate surface area is 134 Å². The molecule has 4 rings (SSSR count). The van der Waals surface area contributed by atoms with E-state index in [9.17, 15) is 0 Å². The van der Waals surface area contributed by atoms with Crippen LogP contribution in [-0.2, 0) is 13.0 Å². The minimum atomic E-state index is 0.390. The summed E-state index contributed by atoms with van der Waals surface area (Å²) in [4.78, 5) is 15.3. The molecule has 1 aliphatic rings. The van der Waals surface area contributed by atoms with E-state index in [1.165, 1.54) is 6.42 Å². The second kappa shape index (κ2) is 5.94. The summed E-state index contributed by atoms with van der Waals surface area (Å²) in [7, 11) is 0. The molecule has 120 valence electrons. The molecule has 1 unspecified atom stereocenters. The monoisotopic (exact) mass is 312 g/mol. The number of aromatic nitrogens is 7.